The summed E-state index contributed by atoms with van der Waals surface area (Å²) in [6.45, 7) is 7.21. The molecule has 1 heterocycles. The van der Waals surface area contributed by atoms with Crippen molar-refractivity contribution in [2.75, 3.05) is 0 Å². The molecule has 1 aromatic rings. The normalized spacial score (nSPS) is 38.7. The third-order valence-corrected chi connectivity index (χ3v) is 10.1. The van der Waals surface area contributed by atoms with E-state index in [0.29, 0.717) is 28.1 Å². The molecule has 0 spiro atoms. The van der Waals surface area contributed by atoms with Gasteiger partial charge in [-0.15, -0.1) is 0 Å². The molecule has 0 N–H and O–H groups in total. The van der Waals surface area contributed by atoms with Gasteiger partial charge in [0.1, 0.15) is 6.10 Å². The average Bonchev–Trinajstić information content (AvgIpc) is 3.35. The zero-order chi connectivity index (χ0) is 25.3. The van der Waals surface area contributed by atoms with E-state index in [-0.39, 0.29) is 28.8 Å². The summed E-state index contributed by atoms with van der Waals surface area (Å²) < 4.78 is 46.9. The number of halogens is 3. The first-order valence-corrected chi connectivity index (χ1v) is 12.9. The summed E-state index contributed by atoms with van der Waals surface area (Å²) in [4.78, 5) is 23.4. The molecule has 4 aliphatic rings. The van der Waals surface area contributed by atoms with Crippen LogP contribution in [0.25, 0.3) is 0 Å². The molecule has 0 radical (unpaired) electrons. The van der Waals surface area contributed by atoms with Crippen LogP contribution < -0.4 is 0 Å². The predicted octanol–water partition coefficient (Wildman–Crippen LogP) is 6.54. The minimum Gasteiger partial charge on any atom is -0.462 e. The maximum atomic E-state index is 13.6. The van der Waals surface area contributed by atoms with E-state index in [1.807, 2.05) is 0 Å². The minimum atomic E-state index is -4.61. The summed E-state index contributed by atoms with van der Waals surface area (Å²) in [7, 11) is 0. The number of carbonyl (C=O) groups excluding carboxylic acids is 2. The first-order valence-electron chi connectivity index (χ1n) is 12.9. The molecule has 1 aromatic heterocycles. The molecule has 0 aromatic carbocycles. The molecule has 8 heteroatoms. The van der Waals surface area contributed by atoms with Crippen LogP contribution in [0, 0.1) is 28.6 Å². The van der Waals surface area contributed by atoms with E-state index in [9.17, 15) is 22.8 Å². The number of alkyl halides is 3. The lowest BCUT2D eigenvalue weighted by Crippen LogP contribution is -2.50. The summed E-state index contributed by atoms with van der Waals surface area (Å²) in [6, 6.07) is 1.11. The summed E-state index contributed by atoms with van der Waals surface area (Å²) in [5.74, 6) is 0.443. The number of nitrogens with zero attached hydrogens (tertiary/aromatic N) is 2. The molecule has 0 amide bonds. The number of ether oxygens (including phenoxy) is 1. The van der Waals surface area contributed by atoms with Gasteiger partial charge in [0.2, 0.25) is 5.91 Å². The average molecular weight is 493 g/mol. The van der Waals surface area contributed by atoms with Gasteiger partial charge in [-0.3, -0.25) is 9.59 Å². The highest BCUT2D eigenvalue weighted by Crippen LogP contribution is 2.68. The van der Waals surface area contributed by atoms with E-state index in [2.05, 4.69) is 25.0 Å². The second-order valence-electron chi connectivity index (χ2n) is 11.8. The number of rotatable bonds is 2. The molecule has 192 valence electrons. The molecule has 3 fully saturated rings. The van der Waals surface area contributed by atoms with Gasteiger partial charge in [0.15, 0.2) is 5.69 Å². The second kappa shape index (κ2) is 8.20. The van der Waals surface area contributed by atoms with Crippen LogP contribution in [0.1, 0.15) is 101 Å². The Kier molecular flexibility index (Phi) is 5.76. The van der Waals surface area contributed by atoms with Crippen LogP contribution >= 0.6 is 0 Å². The summed E-state index contributed by atoms with van der Waals surface area (Å²) in [5, 5.41) is 4.20. The standard InChI is InChI=1S/C27H35F3N2O3/c1-15(33)32-24(27(28,29)30)14-23(31-32)22-8-7-20-19-6-5-17-13-18(35-16(2)34)9-11-25(17,3)21(19)10-12-26(20,22)4/h5,14,18-22H,6-13H2,1-4H3/t18-,19-,20-,21-,22+,25-,26-/m0/s1. The van der Waals surface area contributed by atoms with Crippen molar-refractivity contribution in [2.24, 2.45) is 28.6 Å². The Balaban J connectivity index is 1.42. The largest absolute Gasteiger partial charge is 0.462 e. The van der Waals surface area contributed by atoms with Crippen molar-refractivity contribution in [3.8, 4) is 0 Å². The molecule has 35 heavy (non-hydrogen) atoms. The topological polar surface area (TPSA) is 61.2 Å². The van der Waals surface area contributed by atoms with Crippen LogP contribution in [0.4, 0.5) is 13.2 Å². The zero-order valence-electron chi connectivity index (χ0n) is 21.0. The summed E-state index contributed by atoms with van der Waals surface area (Å²) in [6.07, 6.45) is 5.18. The van der Waals surface area contributed by atoms with E-state index >= 15 is 0 Å². The van der Waals surface area contributed by atoms with E-state index in [1.165, 1.54) is 12.5 Å². The fourth-order valence-corrected chi connectivity index (χ4v) is 8.46. The molecule has 0 unspecified atom stereocenters. The number of esters is 1. The number of carbonyl (C=O) groups is 2. The summed E-state index contributed by atoms with van der Waals surface area (Å²) in [5.41, 5.74) is 0.832. The van der Waals surface area contributed by atoms with Gasteiger partial charge in [-0.2, -0.15) is 23.0 Å². The molecule has 0 bridgehead atoms. The highest BCUT2D eigenvalue weighted by molar-refractivity contribution is 5.76. The molecular formula is C27H35F3N2O3. The SMILES string of the molecule is CC(=O)O[C@H]1CC[C@@]2(C)C(=CC[C@H]3[C@@H]4CC[C@H](c5cc(C(F)(F)F)n(C(C)=O)n5)[C@@]4(C)CC[C@@H]32)C1. The van der Waals surface area contributed by atoms with Crippen LogP contribution in [-0.2, 0) is 15.7 Å². The molecule has 0 saturated heterocycles. The second-order valence-corrected chi connectivity index (χ2v) is 11.8. The Morgan fingerprint density at radius 2 is 1.83 bits per heavy atom. The number of hydrogen-bond donors (Lipinski definition) is 0. The molecule has 5 nitrogen and oxygen atoms in total. The van der Waals surface area contributed by atoms with Gasteiger partial charge in [-0.05, 0) is 79.6 Å². The molecule has 0 aliphatic heterocycles. The van der Waals surface area contributed by atoms with Gasteiger partial charge in [0.25, 0.3) is 0 Å². The lowest BCUT2D eigenvalue weighted by atomic mass is 9.47. The van der Waals surface area contributed by atoms with E-state index < -0.39 is 17.8 Å². The highest BCUT2D eigenvalue weighted by atomic mass is 19.4. The monoisotopic (exact) mass is 492 g/mol. The number of hydrogen-bond acceptors (Lipinski definition) is 4. The van der Waals surface area contributed by atoms with Gasteiger partial charge >= 0.3 is 12.1 Å². The van der Waals surface area contributed by atoms with Crippen LogP contribution in [0.3, 0.4) is 0 Å². The fourth-order valence-electron chi connectivity index (χ4n) is 8.46. The van der Waals surface area contributed by atoms with E-state index in [0.717, 1.165) is 64.4 Å². The Hall–Kier alpha value is -2.12. The van der Waals surface area contributed by atoms with Crippen molar-refractivity contribution >= 4 is 11.9 Å². The predicted molar refractivity (Wildman–Crippen MR) is 124 cm³/mol. The summed E-state index contributed by atoms with van der Waals surface area (Å²) >= 11 is 0. The minimum absolute atomic E-state index is 0.0349. The van der Waals surface area contributed by atoms with Crippen LogP contribution in [0.5, 0.6) is 0 Å². The molecule has 4 aliphatic carbocycles. The zero-order valence-corrected chi connectivity index (χ0v) is 21.0. The lowest BCUT2D eigenvalue weighted by Gasteiger charge is -2.58. The van der Waals surface area contributed by atoms with E-state index in [1.54, 1.807) is 0 Å². The first-order chi connectivity index (χ1) is 16.3. The number of aromatic nitrogens is 2. The van der Waals surface area contributed by atoms with Gasteiger partial charge < -0.3 is 4.74 Å². The number of fused-ring (bicyclic) bond motifs is 5. The molecule has 3 saturated carbocycles. The van der Waals surface area contributed by atoms with Crippen LogP contribution in [0.2, 0.25) is 0 Å². The van der Waals surface area contributed by atoms with Crippen molar-refractivity contribution in [3.05, 3.63) is 29.1 Å². The van der Waals surface area contributed by atoms with E-state index in [4.69, 9.17) is 4.74 Å². The maximum Gasteiger partial charge on any atom is 0.433 e. The van der Waals surface area contributed by atoms with Gasteiger partial charge in [0, 0.05) is 26.2 Å². The van der Waals surface area contributed by atoms with Crippen molar-refractivity contribution in [3.63, 3.8) is 0 Å². The fraction of sp³-hybridized carbons (Fsp3) is 0.741. The maximum absolute atomic E-state index is 13.6. The molecule has 5 rings (SSSR count). The van der Waals surface area contributed by atoms with Gasteiger partial charge in [0.05, 0.1) is 5.69 Å². The third-order valence-electron chi connectivity index (χ3n) is 10.1. The van der Waals surface area contributed by atoms with Crippen LogP contribution in [0.15, 0.2) is 17.7 Å². The quantitative estimate of drug-likeness (QED) is 0.347. The van der Waals surface area contributed by atoms with Crippen molar-refractivity contribution in [2.45, 2.75) is 97.3 Å². The Bertz CT molecular complexity index is 1080. The third kappa shape index (κ3) is 3.86. The molecule has 7 atom stereocenters. The molecular weight excluding hydrogens is 457 g/mol. The van der Waals surface area contributed by atoms with Crippen molar-refractivity contribution in [1.82, 2.24) is 9.78 Å². The van der Waals surface area contributed by atoms with Crippen molar-refractivity contribution < 1.29 is 27.5 Å². The first kappa shape index (κ1) is 24.6. The smallest absolute Gasteiger partial charge is 0.433 e. The van der Waals surface area contributed by atoms with Gasteiger partial charge in [-0.25, -0.2) is 0 Å². The highest BCUT2D eigenvalue weighted by Gasteiger charge is 2.59. The van der Waals surface area contributed by atoms with Crippen LogP contribution in [-0.4, -0.2) is 27.8 Å². The Morgan fingerprint density at radius 3 is 2.46 bits per heavy atom. The number of allylic oxidation sites excluding steroid dienone is 1. The Morgan fingerprint density at radius 1 is 1.09 bits per heavy atom. The van der Waals surface area contributed by atoms with Gasteiger partial charge in [-0.1, -0.05) is 25.5 Å². The van der Waals surface area contributed by atoms with Crippen molar-refractivity contribution in [1.29, 1.82) is 0 Å². The lowest BCUT2D eigenvalue weighted by molar-refractivity contribution is -0.148. The Labute approximate surface area is 204 Å².